The molecule has 0 spiro atoms. The van der Waals surface area contributed by atoms with E-state index >= 15 is 0 Å². The molecule has 0 amide bonds. The highest BCUT2D eigenvalue weighted by Gasteiger charge is 2.20. The van der Waals surface area contributed by atoms with Gasteiger partial charge in [-0.05, 0) is 31.4 Å². The number of Topliss-reactive ketones (excluding diaryl/α,β-unsaturated/α-hetero) is 1. The molecule has 404 valence electrons. The van der Waals surface area contributed by atoms with Gasteiger partial charge in [0.25, 0.3) is 0 Å². The van der Waals surface area contributed by atoms with E-state index in [-0.39, 0.29) is 0 Å². The predicted octanol–water partition coefficient (Wildman–Crippen LogP) is 21.3. The van der Waals surface area contributed by atoms with Gasteiger partial charge in [-0.1, -0.05) is 310 Å². The first-order valence-corrected chi connectivity index (χ1v) is 30.8. The average Bonchev–Trinajstić information content (AvgIpc) is 3.34. The molecular weight excluding hydrogens is 853 g/mol. The standard InChI is InChI=1S/C63H116O6/c1-4-7-10-13-16-19-22-25-28-31-34-37-40-43-46-49-52-67-60-55-58(59(64)57-62(65)66)56-61(68-53-50-47-44-41-38-35-32-29-26-23-20-17-14-11-8-5-2)63(60)69-54-51-48-45-42-39-36-33-30-27-24-21-18-15-12-9-6-3/h55-56H,4-54,57H2,1-3H3,(H,65,66). The van der Waals surface area contributed by atoms with Crippen LogP contribution in [0.4, 0.5) is 0 Å². The molecule has 0 heterocycles. The van der Waals surface area contributed by atoms with Crippen molar-refractivity contribution in [3.8, 4) is 17.2 Å². The van der Waals surface area contributed by atoms with E-state index in [0.29, 0.717) is 42.6 Å². The van der Waals surface area contributed by atoms with Gasteiger partial charge in [0.15, 0.2) is 17.3 Å². The Balaban J connectivity index is 2.60. The molecule has 0 aliphatic heterocycles. The SMILES string of the molecule is CCCCCCCCCCCCCCCCCCOc1cc(C(=O)CC(=O)O)cc(OCCCCCCCCCCCCCCCCCC)c1OCCCCCCCCCCCCCCCCCC. The summed E-state index contributed by atoms with van der Waals surface area (Å²) in [5, 5.41) is 9.48. The number of ether oxygens (including phenoxy) is 3. The van der Waals surface area contributed by atoms with Gasteiger partial charge in [-0.25, -0.2) is 0 Å². The van der Waals surface area contributed by atoms with Crippen LogP contribution in [0.1, 0.15) is 346 Å². The Kier molecular flexibility index (Phi) is 48.9. The fraction of sp³-hybridized carbons (Fsp3) is 0.873. The number of hydrogen-bond donors (Lipinski definition) is 1. The molecule has 1 aromatic rings. The highest BCUT2D eigenvalue weighted by atomic mass is 16.5. The van der Waals surface area contributed by atoms with Gasteiger partial charge in [0.1, 0.15) is 6.42 Å². The highest BCUT2D eigenvalue weighted by Crippen LogP contribution is 2.40. The molecule has 0 atom stereocenters. The van der Waals surface area contributed by atoms with E-state index in [1.807, 2.05) is 0 Å². The van der Waals surface area contributed by atoms with E-state index in [1.54, 1.807) is 12.1 Å². The van der Waals surface area contributed by atoms with E-state index in [1.165, 1.54) is 270 Å². The molecule has 1 rings (SSSR count). The number of rotatable bonds is 57. The van der Waals surface area contributed by atoms with E-state index in [0.717, 1.165) is 38.5 Å². The molecule has 0 radical (unpaired) electrons. The molecule has 0 aliphatic rings. The lowest BCUT2D eigenvalue weighted by molar-refractivity contribution is -0.135. The van der Waals surface area contributed by atoms with Gasteiger partial charge in [-0.2, -0.15) is 0 Å². The Bertz CT molecular complexity index is 1190. The monoisotopic (exact) mass is 969 g/mol. The summed E-state index contributed by atoms with van der Waals surface area (Å²) < 4.78 is 19.3. The predicted molar refractivity (Wildman–Crippen MR) is 298 cm³/mol. The Morgan fingerprint density at radius 1 is 0.319 bits per heavy atom. The summed E-state index contributed by atoms with van der Waals surface area (Å²) in [7, 11) is 0. The van der Waals surface area contributed by atoms with Crippen LogP contribution in [0.2, 0.25) is 0 Å². The maximum atomic E-state index is 13.1. The van der Waals surface area contributed by atoms with Gasteiger partial charge in [-0.15, -0.1) is 0 Å². The molecule has 0 bridgehead atoms. The minimum absolute atomic E-state index is 0.316. The summed E-state index contributed by atoms with van der Waals surface area (Å²) in [6.45, 7) is 8.49. The summed E-state index contributed by atoms with van der Waals surface area (Å²) in [6, 6.07) is 3.39. The first kappa shape index (κ1) is 64.8. The van der Waals surface area contributed by atoms with Crippen molar-refractivity contribution >= 4 is 11.8 Å². The average molecular weight is 970 g/mol. The van der Waals surface area contributed by atoms with Crippen molar-refractivity contribution in [3.63, 3.8) is 0 Å². The van der Waals surface area contributed by atoms with E-state index in [2.05, 4.69) is 20.8 Å². The molecule has 0 aliphatic carbocycles. The summed E-state index contributed by atoms with van der Waals surface area (Å²) in [6.07, 6.45) is 62.8. The summed E-state index contributed by atoms with van der Waals surface area (Å²) in [5.74, 6) is 0.00798. The van der Waals surface area contributed by atoms with Crippen LogP contribution < -0.4 is 14.2 Å². The number of carbonyl (C=O) groups is 2. The second-order valence-electron chi connectivity index (χ2n) is 21.3. The largest absolute Gasteiger partial charge is 0.490 e. The number of aliphatic carboxylic acids is 1. The smallest absolute Gasteiger partial charge is 0.311 e. The fourth-order valence-corrected chi connectivity index (χ4v) is 9.82. The van der Waals surface area contributed by atoms with Crippen molar-refractivity contribution < 1.29 is 28.9 Å². The van der Waals surface area contributed by atoms with Crippen LogP contribution in [0.3, 0.4) is 0 Å². The number of unbranched alkanes of at least 4 members (excludes halogenated alkanes) is 45. The third kappa shape index (κ3) is 43.1. The van der Waals surface area contributed by atoms with Crippen molar-refractivity contribution in [1.82, 2.24) is 0 Å². The van der Waals surface area contributed by atoms with Crippen LogP contribution >= 0.6 is 0 Å². The highest BCUT2D eigenvalue weighted by molar-refractivity contribution is 6.06. The molecule has 6 heteroatoms. The van der Waals surface area contributed by atoms with Gasteiger partial charge >= 0.3 is 5.97 Å². The van der Waals surface area contributed by atoms with Gasteiger partial charge in [-0.3, -0.25) is 9.59 Å². The van der Waals surface area contributed by atoms with E-state index < -0.39 is 18.2 Å². The maximum absolute atomic E-state index is 13.1. The molecule has 0 saturated heterocycles. The third-order valence-electron chi connectivity index (χ3n) is 14.4. The van der Waals surface area contributed by atoms with Crippen LogP contribution in [0, 0.1) is 0 Å². The van der Waals surface area contributed by atoms with Gasteiger partial charge < -0.3 is 19.3 Å². The number of benzene rings is 1. The first-order chi connectivity index (χ1) is 34.0. The molecule has 0 unspecified atom stereocenters. The quantitative estimate of drug-likeness (QED) is 0.0398. The first-order valence-electron chi connectivity index (χ1n) is 30.8. The molecule has 0 fully saturated rings. The van der Waals surface area contributed by atoms with Gasteiger partial charge in [0.2, 0.25) is 5.75 Å². The van der Waals surface area contributed by atoms with Gasteiger partial charge in [0, 0.05) is 5.56 Å². The normalized spacial score (nSPS) is 11.4. The Morgan fingerprint density at radius 3 is 0.739 bits per heavy atom. The van der Waals surface area contributed by atoms with Crippen LogP contribution in [-0.2, 0) is 4.79 Å². The van der Waals surface area contributed by atoms with Crippen molar-refractivity contribution in [2.45, 2.75) is 335 Å². The zero-order valence-corrected chi connectivity index (χ0v) is 46.4. The van der Waals surface area contributed by atoms with Crippen molar-refractivity contribution in [2.75, 3.05) is 19.8 Å². The van der Waals surface area contributed by atoms with Crippen molar-refractivity contribution in [3.05, 3.63) is 17.7 Å². The summed E-state index contributed by atoms with van der Waals surface area (Å²) >= 11 is 0. The third-order valence-corrected chi connectivity index (χ3v) is 14.4. The minimum atomic E-state index is -1.13. The van der Waals surface area contributed by atoms with Gasteiger partial charge in [0.05, 0.1) is 19.8 Å². The zero-order chi connectivity index (χ0) is 49.8. The minimum Gasteiger partial charge on any atom is -0.490 e. The summed E-state index contributed by atoms with van der Waals surface area (Å²) in [4.78, 5) is 24.7. The molecule has 0 saturated carbocycles. The van der Waals surface area contributed by atoms with Crippen molar-refractivity contribution in [1.29, 1.82) is 0 Å². The Labute approximate surface area is 429 Å². The fourth-order valence-electron chi connectivity index (χ4n) is 9.82. The van der Waals surface area contributed by atoms with E-state index in [4.69, 9.17) is 14.2 Å². The molecule has 0 aromatic heterocycles. The second-order valence-corrected chi connectivity index (χ2v) is 21.3. The summed E-state index contributed by atoms with van der Waals surface area (Å²) in [5.41, 5.74) is 0.316. The molecule has 1 N–H and O–H groups in total. The topological polar surface area (TPSA) is 82.1 Å². The molecule has 6 nitrogen and oxygen atoms in total. The van der Waals surface area contributed by atoms with E-state index in [9.17, 15) is 14.7 Å². The molecule has 69 heavy (non-hydrogen) atoms. The number of ketones is 1. The van der Waals surface area contributed by atoms with Crippen LogP contribution in [-0.4, -0.2) is 36.7 Å². The Morgan fingerprint density at radius 2 is 0.522 bits per heavy atom. The lowest BCUT2D eigenvalue weighted by atomic mass is 10.0. The number of carbonyl (C=O) groups excluding carboxylic acids is 1. The van der Waals surface area contributed by atoms with Crippen molar-refractivity contribution in [2.24, 2.45) is 0 Å². The zero-order valence-electron chi connectivity index (χ0n) is 46.4. The number of hydrogen-bond acceptors (Lipinski definition) is 5. The lowest BCUT2D eigenvalue weighted by Gasteiger charge is -2.19. The van der Waals surface area contributed by atoms with Crippen LogP contribution in [0.25, 0.3) is 0 Å². The number of carboxylic acid groups (broad SMARTS) is 1. The maximum Gasteiger partial charge on any atom is 0.311 e. The van der Waals surface area contributed by atoms with Crippen LogP contribution in [0.5, 0.6) is 17.2 Å². The molecular formula is C63H116O6. The van der Waals surface area contributed by atoms with Crippen LogP contribution in [0.15, 0.2) is 12.1 Å². The lowest BCUT2D eigenvalue weighted by Crippen LogP contribution is -2.11. The Hall–Kier alpha value is -2.24. The number of carboxylic acids is 1. The molecule has 1 aromatic carbocycles. The second kappa shape index (κ2) is 52.1.